The molecule has 3 aromatic rings. The Morgan fingerprint density at radius 1 is 1.26 bits per heavy atom. The van der Waals surface area contributed by atoms with Crippen LogP contribution in [0.3, 0.4) is 0 Å². The molecule has 0 radical (unpaired) electrons. The van der Waals surface area contributed by atoms with Gasteiger partial charge in [0.15, 0.2) is 0 Å². The Morgan fingerprint density at radius 3 is 2.70 bits per heavy atom. The number of methoxy groups -OCH3 is 1. The van der Waals surface area contributed by atoms with Gasteiger partial charge < -0.3 is 10.1 Å². The second-order valence-electron chi connectivity index (χ2n) is 5.48. The van der Waals surface area contributed by atoms with Gasteiger partial charge in [-0.15, -0.1) is 5.10 Å². The van der Waals surface area contributed by atoms with Gasteiger partial charge in [-0.2, -0.15) is 9.94 Å². The number of tetrazole rings is 1. The fraction of sp³-hybridized carbons (Fsp3) is 0.167. The van der Waals surface area contributed by atoms with Crippen LogP contribution in [-0.4, -0.2) is 38.5 Å². The molecule has 0 spiro atoms. The Bertz CT molecular complexity index is 980. The first-order valence-electron chi connectivity index (χ1n) is 8.02. The number of hydrogen-bond donors (Lipinski definition) is 1. The van der Waals surface area contributed by atoms with E-state index in [2.05, 4.69) is 26.9 Å². The van der Waals surface area contributed by atoms with Crippen molar-refractivity contribution in [2.75, 3.05) is 12.4 Å². The minimum atomic E-state index is -0.472. The molecule has 1 amide bonds. The molecule has 0 aliphatic rings. The lowest BCUT2D eigenvalue weighted by atomic mass is 10.2. The molecule has 3 rings (SSSR count). The number of thioether (sulfide) groups is 1. The van der Waals surface area contributed by atoms with E-state index in [1.807, 2.05) is 12.1 Å². The maximum absolute atomic E-state index is 12.5. The lowest BCUT2D eigenvalue weighted by Crippen LogP contribution is -2.23. The zero-order valence-corrected chi connectivity index (χ0v) is 15.5. The third kappa shape index (κ3) is 4.24. The number of ether oxygens (including phenoxy) is 1. The molecule has 8 nitrogen and oxygen atoms in total. The zero-order chi connectivity index (χ0) is 19.2. The molecular formula is C18H16N6O2S. The van der Waals surface area contributed by atoms with Crippen LogP contribution in [-0.2, 0) is 4.79 Å². The van der Waals surface area contributed by atoms with E-state index in [4.69, 9.17) is 10.00 Å². The monoisotopic (exact) mass is 380 g/mol. The van der Waals surface area contributed by atoms with Gasteiger partial charge in [0.2, 0.25) is 11.1 Å². The first-order chi connectivity index (χ1) is 13.1. The van der Waals surface area contributed by atoms with Crippen molar-refractivity contribution in [1.29, 1.82) is 5.26 Å². The van der Waals surface area contributed by atoms with Gasteiger partial charge >= 0.3 is 0 Å². The number of para-hydroxylation sites is 1. The summed E-state index contributed by atoms with van der Waals surface area (Å²) in [5, 5.41) is 23.6. The molecule has 27 heavy (non-hydrogen) atoms. The highest BCUT2D eigenvalue weighted by molar-refractivity contribution is 8.00. The van der Waals surface area contributed by atoms with Gasteiger partial charge in [-0.3, -0.25) is 4.79 Å². The second-order valence-corrected chi connectivity index (χ2v) is 6.79. The molecule has 0 fully saturated rings. The summed E-state index contributed by atoms with van der Waals surface area (Å²) < 4.78 is 6.70. The fourth-order valence-electron chi connectivity index (χ4n) is 2.27. The summed E-state index contributed by atoms with van der Waals surface area (Å²) in [7, 11) is 1.60. The number of carbonyl (C=O) groups is 1. The molecule has 9 heteroatoms. The zero-order valence-electron chi connectivity index (χ0n) is 14.7. The van der Waals surface area contributed by atoms with Crippen LogP contribution in [0.1, 0.15) is 12.5 Å². The lowest BCUT2D eigenvalue weighted by Gasteiger charge is -2.12. The molecule has 1 N–H and O–H groups in total. The van der Waals surface area contributed by atoms with E-state index < -0.39 is 5.25 Å². The molecule has 0 saturated heterocycles. The number of anilines is 1. The normalized spacial score (nSPS) is 11.4. The van der Waals surface area contributed by atoms with E-state index in [0.29, 0.717) is 16.4 Å². The number of hydrogen-bond acceptors (Lipinski definition) is 7. The molecule has 0 unspecified atom stereocenters. The van der Waals surface area contributed by atoms with Crippen LogP contribution in [0.4, 0.5) is 5.69 Å². The van der Waals surface area contributed by atoms with E-state index in [1.54, 1.807) is 55.1 Å². The third-order valence-corrected chi connectivity index (χ3v) is 4.75. The van der Waals surface area contributed by atoms with Gasteiger partial charge in [0.1, 0.15) is 11.8 Å². The van der Waals surface area contributed by atoms with Crippen molar-refractivity contribution in [2.24, 2.45) is 0 Å². The number of rotatable bonds is 6. The quantitative estimate of drug-likeness (QED) is 0.655. The van der Waals surface area contributed by atoms with E-state index >= 15 is 0 Å². The van der Waals surface area contributed by atoms with Gasteiger partial charge in [-0.1, -0.05) is 23.9 Å². The minimum Gasteiger partial charge on any atom is -0.497 e. The second kappa shape index (κ2) is 8.33. The van der Waals surface area contributed by atoms with Crippen LogP contribution in [0.25, 0.3) is 5.69 Å². The molecule has 1 aromatic heterocycles. The van der Waals surface area contributed by atoms with Crippen molar-refractivity contribution < 1.29 is 9.53 Å². The van der Waals surface area contributed by atoms with Gasteiger partial charge in [-0.05, 0) is 53.7 Å². The van der Waals surface area contributed by atoms with Crippen LogP contribution >= 0.6 is 11.8 Å². The standard InChI is InChI=1S/C18H16N6O2S/c1-12(17(25)20-16-6-4-3-5-13(16)11-19)27-18-21-22-23-24(18)14-7-9-15(26-2)10-8-14/h3-10,12H,1-2H3,(H,20,25)/t12-/m1/s1. The van der Waals surface area contributed by atoms with E-state index in [-0.39, 0.29) is 5.91 Å². The third-order valence-electron chi connectivity index (χ3n) is 3.71. The first kappa shape index (κ1) is 18.4. The predicted molar refractivity (Wildman–Crippen MR) is 101 cm³/mol. The van der Waals surface area contributed by atoms with Gasteiger partial charge in [0.05, 0.1) is 29.3 Å². The summed E-state index contributed by atoms with van der Waals surface area (Å²) in [6, 6.07) is 16.2. The molecule has 0 aliphatic carbocycles. The molecule has 2 aromatic carbocycles. The summed E-state index contributed by atoms with van der Waals surface area (Å²) >= 11 is 1.22. The van der Waals surface area contributed by atoms with E-state index in [1.165, 1.54) is 11.8 Å². The average molecular weight is 380 g/mol. The van der Waals surface area contributed by atoms with Crippen LogP contribution in [0.2, 0.25) is 0 Å². The van der Waals surface area contributed by atoms with Gasteiger partial charge in [0, 0.05) is 0 Å². The summed E-state index contributed by atoms with van der Waals surface area (Å²) in [5.41, 5.74) is 1.64. The Hall–Kier alpha value is -3.38. The Morgan fingerprint density at radius 2 is 2.00 bits per heavy atom. The summed E-state index contributed by atoms with van der Waals surface area (Å²) in [6.07, 6.45) is 0. The summed E-state index contributed by atoms with van der Waals surface area (Å²) in [5.74, 6) is 0.483. The molecule has 136 valence electrons. The molecule has 1 atom stereocenters. The number of nitrogens with one attached hydrogen (secondary N) is 1. The van der Waals surface area contributed by atoms with Crippen molar-refractivity contribution in [3.63, 3.8) is 0 Å². The molecule has 0 saturated carbocycles. The highest BCUT2D eigenvalue weighted by Gasteiger charge is 2.20. The maximum atomic E-state index is 12.5. The first-order valence-corrected chi connectivity index (χ1v) is 8.90. The van der Waals surface area contributed by atoms with Crippen molar-refractivity contribution in [1.82, 2.24) is 20.2 Å². The maximum Gasteiger partial charge on any atom is 0.237 e. The number of nitriles is 1. The van der Waals surface area contributed by atoms with Crippen LogP contribution < -0.4 is 10.1 Å². The molecule has 1 heterocycles. The number of benzene rings is 2. The number of nitrogens with zero attached hydrogens (tertiary/aromatic N) is 5. The fourth-order valence-corrected chi connectivity index (χ4v) is 3.08. The van der Waals surface area contributed by atoms with Gasteiger partial charge in [-0.25, -0.2) is 0 Å². The number of carbonyl (C=O) groups excluding carboxylic acids is 1. The van der Waals surface area contributed by atoms with Crippen LogP contribution in [0, 0.1) is 11.3 Å². The topological polar surface area (TPSA) is 106 Å². The Kier molecular flexibility index (Phi) is 5.68. The average Bonchev–Trinajstić information content (AvgIpc) is 3.16. The summed E-state index contributed by atoms with van der Waals surface area (Å²) in [4.78, 5) is 12.5. The van der Waals surface area contributed by atoms with Crippen molar-refractivity contribution in [3.8, 4) is 17.5 Å². The number of aromatic nitrogens is 4. The smallest absolute Gasteiger partial charge is 0.237 e. The van der Waals surface area contributed by atoms with Gasteiger partial charge in [0.25, 0.3) is 0 Å². The van der Waals surface area contributed by atoms with Crippen LogP contribution in [0.5, 0.6) is 5.75 Å². The lowest BCUT2D eigenvalue weighted by molar-refractivity contribution is -0.115. The van der Waals surface area contributed by atoms with Crippen molar-refractivity contribution in [3.05, 3.63) is 54.1 Å². The molecule has 0 aliphatic heterocycles. The highest BCUT2D eigenvalue weighted by atomic mass is 32.2. The Labute approximate surface area is 160 Å². The number of amides is 1. The SMILES string of the molecule is COc1ccc(-n2nnnc2S[C@H](C)C(=O)Nc2ccccc2C#N)cc1. The molecular weight excluding hydrogens is 364 g/mol. The van der Waals surface area contributed by atoms with E-state index in [9.17, 15) is 4.79 Å². The Balaban J connectivity index is 1.73. The van der Waals surface area contributed by atoms with Crippen molar-refractivity contribution in [2.45, 2.75) is 17.3 Å². The predicted octanol–water partition coefficient (Wildman–Crippen LogP) is 2.66. The van der Waals surface area contributed by atoms with Crippen LogP contribution in [0.15, 0.2) is 53.7 Å². The van der Waals surface area contributed by atoms with E-state index in [0.717, 1.165) is 11.4 Å². The minimum absolute atomic E-state index is 0.244. The van der Waals surface area contributed by atoms with Crippen molar-refractivity contribution >= 4 is 23.4 Å². The largest absolute Gasteiger partial charge is 0.497 e. The molecule has 0 bridgehead atoms. The summed E-state index contributed by atoms with van der Waals surface area (Å²) in [6.45, 7) is 1.75. The highest BCUT2D eigenvalue weighted by Crippen LogP contribution is 2.25.